The van der Waals surface area contributed by atoms with Crippen LogP contribution in [-0.2, 0) is 107 Å². The second-order valence-electron chi connectivity index (χ2n) is 32.4. The average molecular weight is 1880 g/mol. The van der Waals surface area contributed by atoms with E-state index in [1.165, 1.54) is 82.3 Å². The maximum Gasteiger partial charge on any atom is 0.187 e. The molecule has 0 amide bonds. The van der Waals surface area contributed by atoms with Crippen molar-refractivity contribution in [1.29, 1.82) is 0 Å². The summed E-state index contributed by atoms with van der Waals surface area (Å²) in [6.45, 7) is 0. The molecule has 21 fully saturated rings. The van der Waals surface area contributed by atoms with Crippen LogP contribution in [0.4, 0.5) is 0 Å². The highest BCUT2D eigenvalue weighted by Crippen LogP contribution is 2.43. The lowest BCUT2D eigenvalue weighted by atomic mass is 9.95. The molecular weight excluding hydrogens is 1770 g/mol. The van der Waals surface area contributed by atoms with Crippen LogP contribution in [0.25, 0.3) is 0 Å². The van der Waals surface area contributed by atoms with Crippen LogP contribution in [0.1, 0.15) is 38.9 Å². The lowest BCUT2D eigenvalue weighted by Crippen LogP contribution is -2.68. The number of thioether (sulfide) groups is 7. The first-order valence-electron chi connectivity index (χ1n) is 42.3. The molecule has 28 nitrogen and oxygen atoms in total. The molecule has 21 saturated heterocycles. The van der Waals surface area contributed by atoms with Crippen LogP contribution in [0.2, 0.25) is 0 Å². The molecule has 21 heterocycles. The normalized spacial score (nSPS) is 38.2. The molecule has 0 aliphatic carbocycles. The fraction of sp³-hybridized carbons (Fsp3) is 0.538. The molecule has 7 aromatic rings. The molecule has 0 aromatic heterocycles. The van der Waals surface area contributed by atoms with Crippen LogP contribution in [-0.4, -0.2) is 327 Å². The van der Waals surface area contributed by atoms with Crippen LogP contribution >= 0.6 is 82.3 Å². The molecule has 35 atom stereocenters. The van der Waals surface area contributed by atoms with Gasteiger partial charge < -0.3 is 138 Å². The first kappa shape index (κ1) is 96.4. The van der Waals surface area contributed by atoms with Crippen molar-refractivity contribution in [3.63, 3.8) is 0 Å². The monoisotopic (exact) mass is 1880 g/mol. The van der Waals surface area contributed by atoms with Gasteiger partial charge in [0.25, 0.3) is 0 Å². The zero-order valence-electron chi connectivity index (χ0n) is 68.6. The molecule has 35 unspecified atom stereocenters. The maximum atomic E-state index is 12.7. The van der Waals surface area contributed by atoms with E-state index in [1.54, 1.807) is 0 Å². The lowest BCUT2D eigenvalue weighted by molar-refractivity contribution is -0.389. The van der Waals surface area contributed by atoms with Gasteiger partial charge in [0.05, 0.1) is 42.7 Å². The molecule has 14 bridgehead atoms. The summed E-state index contributed by atoms with van der Waals surface area (Å²) in [6, 6.07) is 66.4. The Kier molecular flexibility index (Phi) is 36.1. The van der Waals surface area contributed by atoms with Gasteiger partial charge in [-0.3, -0.25) is 0 Å². The quantitative estimate of drug-likeness (QED) is 0.0293. The van der Waals surface area contributed by atoms with Gasteiger partial charge in [0.2, 0.25) is 0 Å². The molecule has 21 aliphatic rings. The SMILES string of the molecule is OC1C2OC(CSCc3ccccc3)C(OC3OC(CSCc4ccccc4)C(OC4OC(CSCc5ccccc5)C(OC5OC(CSCc6ccccc6)C(OC6OC(CSCc7ccccc7)C(OC7OC(CSCc8ccccc8)C(OC8OC(CSCc9ccccc9)C(O2)C(O)C8O)C(O)C7O)C(O)C6O)C(O)C5O)C(O)C4O)C(O)C3O)C1O. The second kappa shape index (κ2) is 47.2. The van der Waals surface area contributed by atoms with Crippen molar-refractivity contribution < 1.29 is 138 Å². The Morgan fingerprint density at radius 1 is 0.151 bits per heavy atom. The third kappa shape index (κ3) is 24.7. The van der Waals surface area contributed by atoms with Crippen molar-refractivity contribution in [3.05, 3.63) is 251 Å². The topological polar surface area (TPSA) is 412 Å². The minimum absolute atomic E-state index is 0.0138. The van der Waals surface area contributed by atoms with Crippen LogP contribution in [0.3, 0.4) is 0 Å². The predicted molar refractivity (Wildman–Crippen MR) is 477 cm³/mol. The number of benzene rings is 7. The summed E-state index contributed by atoms with van der Waals surface area (Å²) in [5.74, 6) is 2.96. The zero-order valence-corrected chi connectivity index (χ0v) is 74.4. The van der Waals surface area contributed by atoms with Gasteiger partial charge in [-0.05, 0) is 38.9 Å². The van der Waals surface area contributed by atoms with E-state index in [0.29, 0.717) is 40.3 Å². The molecule has 0 radical (unpaired) electrons. The highest BCUT2D eigenvalue weighted by atomic mass is 32.2. The van der Waals surface area contributed by atoms with E-state index in [-0.39, 0.29) is 40.3 Å². The van der Waals surface area contributed by atoms with E-state index in [1.807, 2.05) is 212 Å². The third-order valence-corrected chi connectivity index (χ3v) is 31.0. The third-order valence-electron chi connectivity index (χ3n) is 23.3. The molecule has 35 heteroatoms. The van der Waals surface area contributed by atoms with Crippen LogP contribution in [0, 0.1) is 0 Å². The van der Waals surface area contributed by atoms with Crippen molar-refractivity contribution >= 4 is 82.3 Å². The second-order valence-corrected chi connectivity index (χ2v) is 39.6. The molecule has 7 aromatic carbocycles. The maximum absolute atomic E-state index is 12.7. The summed E-state index contributed by atoms with van der Waals surface area (Å²) in [6.07, 6.45) is -60.5. The van der Waals surface area contributed by atoms with Crippen molar-refractivity contribution in [3.8, 4) is 0 Å². The van der Waals surface area contributed by atoms with Gasteiger partial charge in [-0.15, -0.1) is 0 Å². The molecule has 686 valence electrons. The number of ether oxygens (including phenoxy) is 14. The fourth-order valence-electron chi connectivity index (χ4n) is 16.4. The standard InChI is InChI=1S/C91H112O28S7/c92-64-71(99)85-106-57(43-120-36-50-22-8-1-9-23-50)78(64)113-86-72(100)65(93)80(59(107-86)45-122-38-52-26-12-3-13-27-52)115-88-74(102)67(95)82(61(109-88)47-124-40-54-30-16-5-17-31-54)117-90-76(104)69(97)84(63(111-90)49-126-42-56-34-20-7-21-35-56)119-91-77(105)70(98)83(62(112-91)48-125-41-55-32-18-6-19-33-55)118-89-75(103)68(96)81(60(110-89)46-123-39-53-28-14-4-15-29-53)116-87-73(101)66(94)79(114-85)58(108-87)44-121-37-51-24-10-2-11-25-51/h1-35,57-105H,36-49H2. The van der Waals surface area contributed by atoms with Crippen molar-refractivity contribution in [1.82, 2.24) is 0 Å². The van der Waals surface area contributed by atoms with Crippen LogP contribution in [0.5, 0.6) is 0 Å². The van der Waals surface area contributed by atoms with Crippen molar-refractivity contribution in [2.24, 2.45) is 0 Å². The Balaban J connectivity index is 0.789. The fourth-order valence-corrected chi connectivity index (χ4v) is 23.7. The van der Waals surface area contributed by atoms with Gasteiger partial charge in [-0.25, -0.2) is 0 Å². The zero-order chi connectivity index (χ0) is 87.7. The van der Waals surface area contributed by atoms with Crippen molar-refractivity contribution in [2.75, 3.05) is 40.3 Å². The lowest BCUT2D eigenvalue weighted by Gasteiger charge is -2.50. The van der Waals surface area contributed by atoms with E-state index >= 15 is 0 Å². The first-order valence-corrected chi connectivity index (χ1v) is 50.4. The Morgan fingerprint density at radius 3 is 0.373 bits per heavy atom. The van der Waals surface area contributed by atoms with E-state index < -0.39 is 215 Å². The largest absolute Gasteiger partial charge is 0.387 e. The molecule has 28 rings (SSSR count). The average Bonchev–Trinajstić information content (AvgIpc) is 0.776. The highest BCUT2D eigenvalue weighted by Gasteiger charge is 2.60. The molecule has 14 N–H and O–H groups in total. The minimum atomic E-state index is -2.03. The van der Waals surface area contributed by atoms with Gasteiger partial charge >= 0.3 is 0 Å². The molecule has 0 spiro atoms. The molecule has 0 saturated carbocycles. The summed E-state index contributed by atoms with van der Waals surface area (Å²) in [5, 5.41) is 177. The van der Waals surface area contributed by atoms with E-state index in [9.17, 15) is 71.5 Å². The summed E-state index contributed by atoms with van der Waals surface area (Å²) >= 11 is 9.57. The predicted octanol–water partition coefficient (Wildman–Crippen LogP) is 5.36. The van der Waals surface area contributed by atoms with Gasteiger partial charge in [-0.1, -0.05) is 212 Å². The van der Waals surface area contributed by atoms with Crippen LogP contribution < -0.4 is 0 Å². The van der Waals surface area contributed by atoms with Gasteiger partial charge in [0.15, 0.2) is 44.0 Å². The van der Waals surface area contributed by atoms with E-state index in [0.717, 1.165) is 38.9 Å². The minimum Gasteiger partial charge on any atom is -0.387 e. The molecule has 126 heavy (non-hydrogen) atoms. The number of rotatable bonds is 28. The molecule has 21 aliphatic heterocycles. The number of hydrogen-bond donors (Lipinski definition) is 14. The van der Waals surface area contributed by atoms with Crippen LogP contribution in [0.15, 0.2) is 212 Å². The van der Waals surface area contributed by atoms with E-state index in [2.05, 4.69) is 0 Å². The first-order chi connectivity index (χ1) is 61.3. The molecular formula is C91H112O28S7. The van der Waals surface area contributed by atoms with Crippen molar-refractivity contribution in [2.45, 2.75) is 255 Å². The number of hydrogen-bond acceptors (Lipinski definition) is 35. The summed E-state index contributed by atoms with van der Waals surface area (Å²) in [5.41, 5.74) is 6.46. The summed E-state index contributed by atoms with van der Waals surface area (Å²) < 4.78 is 93.7. The highest BCUT2D eigenvalue weighted by molar-refractivity contribution is 7.99. The van der Waals surface area contributed by atoms with Gasteiger partial charge in [-0.2, -0.15) is 82.3 Å². The number of aliphatic hydroxyl groups is 14. The van der Waals surface area contributed by atoms with E-state index in [4.69, 9.17) is 66.3 Å². The Hall–Kier alpha value is -4.13. The Morgan fingerprint density at radius 2 is 0.262 bits per heavy atom. The summed E-state index contributed by atoms with van der Waals surface area (Å²) in [7, 11) is 0. The number of aliphatic hydroxyl groups excluding tert-OH is 14. The smallest absolute Gasteiger partial charge is 0.187 e. The van der Waals surface area contributed by atoms with Gasteiger partial charge in [0.1, 0.15) is 128 Å². The Bertz CT molecular complexity index is 3560. The summed E-state index contributed by atoms with van der Waals surface area (Å²) in [4.78, 5) is 0. The Labute approximate surface area is 761 Å². The van der Waals surface area contributed by atoms with Gasteiger partial charge in [0, 0.05) is 80.5 Å².